The van der Waals surface area contributed by atoms with Gasteiger partial charge in [0.2, 0.25) is 0 Å². The van der Waals surface area contributed by atoms with Crippen molar-refractivity contribution >= 4 is 0 Å². The van der Waals surface area contributed by atoms with E-state index in [1.807, 2.05) is 0 Å². The number of hydrogen-bond acceptors (Lipinski definition) is 0. The zero-order valence-corrected chi connectivity index (χ0v) is 10.8. The Morgan fingerprint density at radius 2 is 1.82 bits per heavy atom. The van der Waals surface area contributed by atoms with E-state index >= 15 is 0 Å². The Bertz CT molecular complexity index is 454. The summed E-state index contributed by atoms with van der Waals surface area (Å²) in [6.45, 7) is 5.42. The first kappa shape index (κ1) is 12.0. The van der Waals surface area contributed by atoms with Crippen LogP contribution in [0.3, 0.4) is 0 Å². The molecule has 0 N–H and O–H groups in total. The average molecular weight is 227 g/mol. The summed E-state index contributed by atoms with van der Waals surface area (Å²) in [6.07, 6.45) is 6.06. The Morgan fingerprint density at radius 1 is 1.06 bits per heavy atom. The van der Waals surface area contributed by atoms with E-state index in [-0.39, 0.29) is 0 Å². The van der Waals surface area contributed by atoms with E-state index < -0.39 is 0 Å². The molecule has 1 aromatic heterocycles. The van der Waals surface area contributed by atoms with Gasteiger partial charge in [0.25, 0.3) is 0 Å². The molecule has 90 valence electrons. The quantitative estimate of drug-likeness (QED) is 0.722. The summed E-state index contributed by atoms with van der Waals surface area (Å²) in [6, 6.07) is 13.0. The van der Waals surface area contributed by atoms with Crippen molar-refractivity contribution < 1.29 is 0 Å². The molecule has 0 radical (unpaired) electrons. The third-order valence-corrected chi connectivity index (χ3v) is 3.18. The molecule has 1 nitrogen and oxygen atoms in total. The van der Waals surface area contributed by atoms with Gasteiger partial charge in [-0.15, -0.1) is 0 Å². The van der Waals surface area contributed by atoms with Crippen molar-refractivity contribution in [2.75, 3.05) is 0 Å². The SMILES string of the molecule is CCCCc1cc(C)n(Cc2ccccc2)c1. The molecule has 2 aromatic rings. The van der Waals surface area contributed by atoms with Crippen LogP contribution in [0, 0.1) is 6.92 Å². The molecule has 0 aliphatic rings. The Balaban J connectivity index is 2.08. The summed E-state index contributed by atoms with van der Waals surface area (Å²) < 4.78 is 2.35. The zero-order valence-electron chi connectivity index (χ0n) is 10.8. The first-order valence-corrected chi connectivity index (χ1v) is 6.49. The average Bonchev–Trinajstić information content (AvgIpc) is 2.69. The molecule has 0 saturated carbocycles. The van der Waals surface area contributed by atoms with Gasteiger partial charge in [0.1, 0.15) is 0 Å². The molecule has 0 amide bonds. The zero-order chi connectivity index (χ0) is 12.1. The van der Waals surface area contributed by atoms with Crippen LogP contribution in [0.25, 0.3) is 0 Å². The first-order chi connectivity index (χ1) is 8.29. The maximum Gasteiger partial charge on any atom is 0.0472 e. The lowest BCUT2D eigenvalue weighted by atomic mass is 10.1. The van der Waals surface area contributed by atoms with Crippen molar-refractivity contribution in [2.24, 2.45) is 0 Å². The number of unbranched alkanes of at least 4 members (excludes halogenated alkanes) is 1. The van der Waals surface area contributed by atoms with Crippen molar-refractivity contribution in [3.63, 3.8) is 0 Å². The van der Waals surface area contributed by atoms with Crippen LogP contribution in [0.15, 0.2) is 42.6 Å². The molecule has 1 heterocycles. The summed E-state index contributed by atoms with van der Waals surface area (Å²) in [5, 5.41) is 0. The lowest BCUT2D eigenvalue weighted by molar-refractivity contribution is 0.762. The standard InChI is InChI=1S/C16H21N/c1-3-4-8-16-11-14(2)17(13-16)12-15-9-6-5-7-10-15/h5-7,9-11,13H,3-4,8,12H2,1-2H3. The molecular formula is C16H21N. The van der Waals surface area contributed by atoms with Crippen LogP contribution in [0.4, 0.5) is 0 Å². The number of aryl methyl sites for hydroxylation is 2. The molecule has 0 aliphatic heterocycles. The lowest BCUT2D eigenvalue weighted by Crippen LogP contribution is -1.99. The normalized spacial score (nSPS) is 10.7. The van der Waals surface area contributed by atoms with Crippen molar-refractivity contribution in [1.82, 2.24) is 4.57 Å². The Morgan fingerprint density at radius 3 is 2.53 bits per heavy atom. The van der Waals surface area contributed by atoms with Gasteiger partial charge in [-0.25, -0.2) is 0 Å². The third-order valence-electron chi connectivity index (χ3n) is 3.18. The number of rotatable bonds is 5. The number of hydrogen-bond donors (Lipinski definition) is 0. The lowest BCUT2D eigenvalue weighted by Gasteiger charge is -2.05. The molecule has 2 rings (SSSR count). The maximum absolute atomic E-state index is 2.35. The predicted molar refractivity (Wildman–Crippen MR) is 73.3 cm³/mol. The fourth-order valence-electron chi connectivity index (χ4n) is 2.16. The fourth-order valence-corrected chi connectivity index (χ4v) is 2.16. The van der Waals surface area contributed by atoms with Gasteiger partial charge in [0, 0.05) is 18.4 Å². The Labute approximate surface area is 104 Å². The minimum Gasteiger partial charge on any atom is -0.347 e. The highest BCUT2D eigenvalue weighted by Gasteiger charge is 2.02. The van der Waals surface area contributed by atoms with Gasteiger partial charge in [-0.05, 0) is 37.0 Å². The topological polar surface area (TPSA) is 4.93 Å². The third kappa shape index (κ3) is 3.23. The summed E-state index contributed by atoms with van der Waals surface area (Å²) >= 11 is 0. The minimum absolute atomic E-state index is 0.985. The van der Waals surface area contributed by atoms with E-state index in [1.165, 1.54) is 36.1 Å². The smallest absolute Gasteiger partial charge is 0.0472 e. The molecule has 0 atom stereocenters. The van der Waals surface area contributed by atoms with E-state index in [2.05, 4.69) is 61.0 Å². The summed E-state index contributed by atoms with van der Waals surface area (Å²) in [5.41, 5.74) is 4.20. The molecule has 1 aromatic carbocycles. The molecule has 0 spiro atoms. The van der Waals surface area contributed by atoms with E-state index in [0.29, 0.717) is 0 Å². The predicted octanol–water partition coefficient (Wildman–Crippen LogP) is 4.19. The molecule has 0 unspecified atom stereocenters. The molecule has 0 bridgehead atoms. The Kier molecular flexibility index (Phi) is 4.03. The van der Waals surface area contributed by atoms with Gasteiger partial charge in [0.05, 0.1) is 0 Å². The highest BCUT2D eigenvalue weighted by Crippen LogP contribution is 2.13. The van der Waals surface area contributed by atoms with E-state index in [0.717, 1.165) is 6.54 Å². The maximum atomic E-state index is 2.35. The van der Waals surface area contributed by atoms with Crippen molar-refractivity contribution in [3.05, 3.63) is 59.4 Å². The van der Waals surface area contributed by atoms with Crippen molar-refractivity contribution in [1.29, 1.82) is 0 Å². The Hall–Kier alpha value is -1.50. The van der Waals surface area contributed by atoms with Crippen LogP contribution in [0.2, 0.25) is 0 Å². The first-order valence-electron chi connectivity index (χ1n) is 6.49. The molecular weight excluding hydrogens is 206 g/mol. The molecule has 0 saturated heterocycles. The van der Waals surface area contributed by atoms with Crippen LogP contribution in [-0.2, 0) is 13.0 Å². The van der Waals surface area contributed by atoms with Gasteiger partial charge in [-0.2, -0.15) is 0 Å². The molecule has 17 heavy (non-hydrogen) atoms. The van der Waals surface area contributed by atoms with Gasteiger partial charge >= 0.3 is 0 Å². The largest absolute Gasteiger partial charge is 0.347 e. The van der Waals surface area contributed by atoms with E-state index in [9.17, 15) is 0 Å². The highest BCUT2D eigenvalue weighted by molar-refractivity contribution is 5.21. The van der Waals surface area contributed by atoms with Crippen LogP contribution in [-0.4, -0.2) is 4.57 Å². The summed E-state index contributed by atoms with van der Waals surface area (Å²) in [5.74, 6) is 0. The monoisotopic (exact) mass is 227 g/mol. The van der Waals surface area contributed by atoms with Gasteiger partial charge < -0.3 is 4.57 Å². The number of aromatic nitrogens is 1. The summed E-state index contributed by atoms with van der Waals surface area (Å²) in [4.78, 5) is 0. The van der Waals surface area contributed by atoms with Crippen LogP contribution >= 0.6 is 0 Å². The molecule has 0 fully saturated rings. The second kappa shape index (κ2) is 5.72. The number of nitrogens with zero attached hydrogens (tertiary/aromatic N) is 1. The van der Waals surface area contributed by atoms with E-state index in [1.54, 1.807) is 0 Å². The fraction of sp³-hybridized carbons (Fsp3) is 0.375. The van der Waals surface area contributed by atoms with Crippen molar-refractivity contribution in [3.8, 4) is 0 Å². The van der Waals surface area contributed by atoms with E-state index in [4.69, 9.17) is 0 Å². The second-order valence-corrected chi connectivity index (χ2v) is 4.71. The van der Waals surface area contributed by atoms with Crippen LogP contribution in [0.1, 0.15) is 36.6 Å². The minimum atomic E-state index is 0.985. The molecule has 0 aliphatic carbocycles. The van der Waals surface area contributed by atoms with Gasteiger partial charge in [-0.3, -0.25) is 0 Å². The van der Waals surface area contributed by atoms with Gasteiger partial charge in [-0.1, -0.05) is 43.7 Å². The second-order valence-electron chi connectivity index (χ2n) is 4.71. The van der Waals surface area contributed by atoms with Crippen LogP contribution < -0.4 is 0 Å². The molecule has 1 heteroatoms. The highest BCUT2D eigenvalue weighted by atomic mass is 15.0. The van der Waals surface area contributed by atoms with Gasteiger partial charge in [0.15, 0.2) is 0 Å². The van der Waals surface area contributed by atoms with Crippen molar-refractivity contribution in [2.45, 2.75) is 39.7 Å². The summed E-state index contributed by atoms with van der Waals surface area (Å²) in [7, 11) is 0. The number of benzene rings is 1. The van der Waals surface area contributed by atoms with Crippen LogP contribution in [0.5, 0.6) is 0 Å².